The minimum Gasteiger partial charge on any atom is -0.450 e. The molecule has 2 aromatic rings. The number of nitrogens with one attached hydrogen (secondary N) is 2. The Bertz CT molecular complexity index is 872. The fourth-order valence-electron chi connectivity index (χ4n) is 2.72. The summed E-state index contributed by atoms with van der Waals surface area (Å²) < 4.78 is 5.17. The van der Waals surface area contributed by atoms with Crippen molar-refractivity contribution in [2.75, 3.05) is 0 Å². The average molecular weight is 344 g/mol. The average Bonchev–Trinajstić information content (AvgIpc) is 3.11. The molecule has 0 saturated carbocycles. The summed E-state index contributed by atoms with van der Waals surface area (Å²) >= 11 is 0. The molecule has 2 N–H and O–H groups in total. The summed E-state index contributed by atoms with van der Waals surface area (Å²) in [6.45, 7) is 7.65. The van der Waals surface area contributed by atoms with Crippen molar-refractivity contribution in [2.24, 2.45) is 0 Å². The molecule has 7 nitrogen and oxygen atoms in total. The Labute approximate surface area is 144 Å². The second-order valence-electron chi connectivity index (χ2n) is 5.95. The van der Waals surface area contributed by atoms with E-state index in [1.54, 1.807) is 13.8 Å². The van der Waals surface area contributed by atoms with Gasteiger partial charge in [0, 0.05) is 23.0 Å². The second-order valence-corrected chi connectivity index (χ2v) is 5.95. The molecule has 0 aliphatic rings. The molecule has 0 aromatic carbocycles. The largest absolute Gasteiger partial charge is 0.450 e. The molecule has 0 fully saturated rings. The molecule has 2 aromatic heterocycles. The van der Waals surface area contributed by atoms with Crippen LogP contribution in [-0.4, -0.2) is 39.4 Å². The summed E-state index contributed by atoms with van der Waals surface area (Å²) in [5, 5.41) is 0. The lowest BCUT2D eigenvalue weighted by atomic mass is 10.0. The van der Waals surface area contributed by atoms with Crippen LogP contribution in [0.3, 0.4) is 0 Å². The number of Topliss-reactive ketones (excluding diaryl/α,β-unsaturated/α-hetero) is 3. The van der Waals surface area contributed by atoms with Crippen LogP contribution < -0.4 is 0 Å². The van der Waals surface area contributed by atoms with Gasteiger partial charge in [-0.1, -0.05) is 0 Å². The summed E-state index contributed by atoms with van der Waals surface area (Å²) in [4.78, 5) is 53.1. The maximum atomic E-state index is 12.5. The first-order valence-electron chi connectivity index (χ1n) is 7.78. The second kappa shape index (κ2) is 6.88. The number of aromatic amines is 2. The molecule has 0 amide bonds. The van der Waals surface area contributed by atoms with Crippen molar-refractivity contribution in [3.8, 4) is 0 Å². The molecule has 0 radical (unpaired) electrons. The van der Waals surface area contributed by atoms with Crippen molar-refractivity contribution in [1.29, 1.82) is 0 Å². The first-order valence-corrected chi connectivity index (χ1v) is 7.78. The molecular formula is C18H20N2O5. The zero-order valence-electron chi connectivity index (χ0n) is 14.8. The number of rotatable bonds is 6. The lowest BCUT2D eigenvalue weighted by Gasteiger charge is -2.11. The first-order chi connectivity index (χ1) is 11.6. The number of carbonyl (C=O) groups is 4. The Morgan fingerprint density at radius 3 is 2.20 bits per heavy atom. The van der Waals surface area contributed by atoms with Crippen molar-refractivity contribution in [2.45, 2.75) is 40.7 Å². The van der Waals surface area contributed by atoms with E-state index in [-0.39, 0.29) is 23.0 Å². The quantitative estimate of drug-likeness (QED) is 0.618. The number of hydrogen-bond donors (Lipinski definition) is 2. The predicted molar refractivity (Wildman–Crippen MR) is 90.3 cm³/mol. The van der Waals surface area contributed by atoms with Gasteiger partial charge < -0.3 is 14.7 Å². The Kier molecular flexibility index (Phi) is 5.06. The third-order valence-corrected chi connectivity index (χ3v) is 4.00. The molecule has 7 heteroatoms. The fourth-order valence-corrected chi connectivity index (χ4v) is 2.72. The zero-order chi connectivity index (χ0) is 18.9. The molecular weight excluding hydrogens is 324 g/mol. The van der Waals surface area contributed by atoms with E-state index >= 15 is 0 Å². The maximum absolute atomic E-state index is 12.5. The highest BCUT2D eigenvalue weighted by Crippen LogP contribution is 2.20. The summed E-state index contributed by atoms with van der Waals surface area (Å²) in [5.41, 5.74) is 2.30. The number of ketones is 3. The van der Waals surface area contributed by atoms with Crippen LogP contribution in [0, 0.1) is 13.8 Å². The number of hydrogen-bond acceptors (Lipinski definition) is 5. The van der Waals surface area contributed by atoms with E-state index in [4.69, 9.17) is 4.74 Å². The Balaban J connectivity index is 2.17. The van der Waals surface area contributed by atoms with Gasteiger partial charge in [0.25, 0.3) is 0 Å². The number of ether oxygens (including phenoxy) is 1. The minimum absolute atomic E-state index is 0.0914. The lowest BCUT2D eigenvalue weighted by molar-refractivity contribution is 0.0312. The molecule has 0 aliphatic heterocycles. The number of carbonyl (C=O) groups excluding carboxylic acids is 4. The van der Waals surface area contributed by atoms with Gasteiger partial charge in [-0.3, -0.25) is 14.4 Å². The summed E-state index contributed by atoms with van der Waals surface area (Å²) in [6.07, 6.45) is 0.358. The summed E-state index contributed by atoms with van der Waals surface area (Å²) in [6, 6.07) is 1.37. The predicted octanol–water partition coefficient (Wildman–Crippen LogP) is 2.79. The van der Waals surface area contributed by atoms with Gasteiger partial charge in [0.1, 0.15) is 5.69 Å². The Hall–Kier alpha value is -2.96. The molecule has 1 atom stereocenters. The van der Waals surface area contributed by atoms with E-state index in [1.165, 1.54) is 33.0 Å². The van der Waals surface area contributed by atoms with Crippen molar-refractivity contribution in [3.05, 3.63) is 46.0 Å². The van der Waals surface area contributed by atoms with Gasteiger partial charge in [0.2, 0.25) is 5.78 Å². The SMILES string of the molecule is CC(=O)c1c[nH]c(C(=O)O[C@H](C)C(=O)c2[nH]c(C)c(C(C)=O)c2C)c1. The number of H-pyrrole nitrogens is 2. The van der Waals surface area contributed by atoms with Crippen molar-refractivity contribution in [1.82, 2.24) is 9.97 Å². The molecule has 2 heterocycles. The third-order valence-electron chi connectivity index (χ3n) is 4.00. The minimum atomic E-state index is -1.05. The van der Waals surface area contributed by atoms with Crippen molar-refractivity contribution < 1.29 is 23.9 Å². The number of aryl methyl sites for hydroxylation is 1. The van der Waals surface area contributed by atoms with Crippen LogP contribution in [-0.2, 0) is 4.74 Å². The summed E-state index contributed by atoms with van der Waals surface area (Å²) in [7, 11) is 0. The highest BCUT2D eigenvalue weighted by molar-refractivity contribution is 6.05. The topological polar surface area (TPSA) is 109 Å². The van der Waals surface area contributed by atoms with Gasteiger partial charge in [-0.05, 0) is 46.2 Å². The molecule has 2 rings (SSSR count). The number of aromatic nitrogens is 2. The van der Waals surface area contributed by atoms with E-state index in [2.05, 4.69) is 9.97 Å². The van der Waals surface area contributed by atoms with Gasteiger partial charge in [-0.2, -0.15) is 0 Å². The standard InChI is InChI=1S/C18H20N2O5/c1-8-15(11(4)22)9(2)20-16(8)17(23)12(5)25-18(24)14-6-13(7-19-14)10(3)21/h6-7,12,19-20H,1-5H3/t12-/m1/s1. The van der Waals surface area contributed by atoms with E-state index in [9.17, 15) is 19.2 Å². The molecule has 0 unspecified atom stereocenters. The van der Waals surface area contributed by atoms with Crippen molar-refractivity contribution >= 4 is 23.3 Å². The number of esters is 1. The van der Waals surface area contributed by atoms with Crippen LogP contribution in [0.4, 0.5) is 0 Å². The van der Waals surface area contributed by atoms with E-state index in [0.29, 0.717) is 22.4 Å². The lowest BCUT2D eigenvalue weighted by Crippen LogP contribution is -2.25. The normalized spacial score (nSPS) is 11.9. The summed E-state index contributed by atoms with van der Waals surface area (Å²) in [5.74, 6) is -1.49. The molecule has 0 bridgehead atoms. The van der Waals surface area contributed by atoms with E-state index in [0.717, 1.165) is 0 Å². The Morgan fingerprint density at radius 1 is 1.08 bits per heavy atom. The molecule has 25 heavy (non-hydrogen) atoms. The Morgan fingerprint density at radius 2 is 1.72 bits per heavy atom. The molecule has 132 valence electrons. The third kappa shape index (κ3) is 3.60. The highest BCUT2D eigenvalue weighted by Gasteiger charge is 2.26. The maximum Gasteiger partial charge on any atom is 0.355 e. The van der Waals surface area contributed by atoms with E-state index < -0.39 is 17.9 Å². The van der Waals surface area contributed by atoms with Crippen LogP contribution in [0.2, 0.25) is 0 Å². The van der Waals surface area contributed by atoms with E-state index in [1.807, 2.05) is 0 Å². The van der Waals surface area contributed by atoms with Crippen LogP contribution in [0.5, 0.6) is 0 Å². The van der Waals surface area contributed by atoms with Crippen LogP contribution >= 0.6 is 0 Å². The first kappa shape index (κ1) is 18.4. The van der Waals surface area contributed by atoms with Crippen LogP contribution in [0.1, 0.15) is 73.7 Å². The molecule has 0 spiro atoms. The van der Waals surface area contributed by atoms with Gasteiger partial charge in [-0.25, -0.2) is 4.79 Å². The van der Waals surface area contributed by atoms with Gasteiger partial charge in [0.05, 0.1) is 5.69 Å². The molecule has 0 saturated heterocycles. The van der Waals surface area contributed by atoms with Gasteiger partial charge >= 0.3 is 5.97 Å². The monoisotopic (exact) mass is 344 g/mol. The van der Waals surface area contributed by atoms with Gasteiger partial charge in [-0.15, -0.1) is 0 Å². The smallest absolute Gasteiger partial charge is 0.355 e. The molecule has 0 aliphatic carbocycles. The van der Waals surface area contributed by atoms with Crippen LogP contribution in [0.15, 0.2) is 12.3 Å². The van der Waals surface area contributed by atoms with Crippen LogP contribution in [0.25, 0.3) is 0 Å². The zero-order valence-corrected chi connectivity index (χ0v) is 14.8. The van der Waals surface area contributed by atoms with Gasteiger partial charge in [0.15, 0.2) is 17.7 Å². The van der Waals surface area contributed by atoms with Crippen molar-refractivity contribution in [3.63, 3.8) is 0 Å². The highest BCUT2D eigenvalue weighted by atomic mass is 16.5. The fraction of sp³-hybridized carbons (Fsp3) is 0.333.